The van der Waals surface area contributed by atoms with Gasteiger partial charge in [-0.3, -0.25) is 0 Å². The van der Waals surface area contributed by atoms with Gasteiger partial charge in [0.25, 0.3) is 0 Å². The van der Waals surface area contributed by atoms with Crippen LogP contribution in [0.1, 0.15) is 32.3 Å². The summed E-state index contributed by atoms with van der Waals surface area (Å²) in [5.41, 5.74) is 0.565. The molecule has 17 heavy (non-hydrogen) atoms. The largest absolute Gasteiger partial charge is 0.487 e. The Balaban J connectivity index is 2.77. The number of hydrogen-bond acceptors (Lipinski definition) is 1. The molecule has 0 radical (unpaired) electrons. The highest BCUT2D eigenvalue weighted by molar-refractivity contribution is 9.08. The zero-order valence-corrected chi connectivity index (χ0v) is 11.7. The van der Waals surface area contributed by atoms with Crippen LogP contribution in [0.25, 0.3) is 0 Å². The number of ether oxygens (including phenoxy) is 1. The molecule has 0 aliphatic rings. The molecule has 0 aliphatic carbocycles. The zero-order valence-electron chi connectivity index (χ0n) is 10.1. The minimum Gasteiger partial charge on any atom is -0.487 e. The molecule has 0 amide bonds. The van der Waals surface area contributed by atoms with Crippen molar-refractivity contribution in [3.8, 4) is 5.75 Å². The Morgan fingerprint density at radius 1 is 1.18 bits per heavy atom. The SMILES string of the molecule is CCC(CC)COc1c(F)cc(CBr)cc1F. The van der Waals surface area contributed by atoms with Crippen molar-refractivity contribution in [2.75, 3.05) is 6.61 Å². The van der Waals surface area contributed by atoms with Gasteiger partial charge in [-0.2, -0.15) is 0 Å². The first-order valence-electron chi connectivity index (χ1n) is 5.79. The molecule has 0 fully saturated rings. The summed E-state index contributed by atoms with van der Waals surface area (Å²) < 4.78 is 32.4. The van der Waals surface area contributed by atoms with Crippen LogP contribution in [0, 0.1) is 17.6 Å². The van der Waals surface area contributed by atoms with E-state index in [2.05, 4.69) is 15.9 Å². The van der Waals surface area contributed by atoms with E-state index in [1.54, 1.807) is 0 Å². The predicted octanol–water partition coefficient (Wildman–Crippen LogP) is 4.67. The van der Waals surface area contributed by atoms with Crippen molar-refractivity contribution < 1.29 is 13.5 Å². The second-order valence-corrected chi connectivity index (χ2v) is 4.58. The maximum absolute atomic E-state index is 13.6. The second-order valence-electron chi connectivity index (χ2n) is 4.02. The highest BCUT2D eigenvalue weighted by atomic mass is 79.9. The fourth-order valence-electron chi connectivity index (χ4n) is 1.55. The first-order chi connectivity index (χ1) is 8.12. The molecule has 0 atom stereocenters. The molecular weight excluding hydrogens is 290 g/mol. The first kappa shape index (κ1) is 14.4. The molecule has 96 valence electrons. The molecule has 0 unspecified atom stereocenters. The van der Waals surface area contributed by atoms with E-state index < -0.39 is 11.6 Å². The molecule has 0 heterocycles. The smallest absolute Gasteiger partial charge is 0.190 e. The third kappa shape index (κ3) is 3.95. The van der Waals surface area contributed by atoms with E-state index >= 15 is 0 Å². The van der Waals surface area contributed by atoms with Crippen molar-refractivity contribution in [2.24, 2.45) is 5.92 Å². The molecule has 0 spiro atoms. The van der Waals surface area contributed by atoms with Gasteiger partial charge in [-0.05, 0) is 23.6 Å². The number of halogens is 3. The highest BCUT2D eigenvalue weighted by Crippen LogP contribution is 2.25. The van der Waals surface area contributed by atoms with Gasteiger partial charge >= 0.3 is 0 Å². The minimum absolute atomic E-state index is 0.262. The van der Waals surface area contributed by atoms with Crippen molar-refractivity contribution in [1.29, 1.82) is 0 Å². The van der Waals surface area contributed by atoms with Gasteiger partial charge < -0.3 is 4.74 Å². The molecular formula is C13H17BrF2O. The Kier molecular flexibility index (Phi) is 5.89. The van der Waals surface area contributed by atoms with Gasteiger partial charge in [0.05, 0.1) is 6.61 Å². The standard InChI is InChI=1S/C13H17BrF2O/c1-3-9(4-2)8-17-13-11(15)5-10(7-14)6-12(13)16/h5-6,9H,3-4,7-8H2,1-2H3. The molecule has 4 heteroatoms. The summed E-state index contributed by atoms with van der Waals surface area (Å²) in [7, 11) is 0. The van der Waals surface area contributed by atoms with Gasteiger partial charge in [-0.15, -0.1) is 0 Å². The Morgan fingerprint density at radius 2 is 1.71 bits per heavy atom. The maximum atomic E-state index is 13.6. The molecule has 0 saturated carbocycles. The Hall–Kier alpha value is -0.640. The lowest BCUT2D eigenvalue weighted by Gasteiger charge is -2.15. The Bertz CT molecular complexity index is 341. The summed E-state index contributed by atoms with van der Waals surface area (Å²) in [6.07, 6.45) is 1.89. The third-order valence-corrected chi connectivity index (χ3v) is 3.48. The average Bonchev–Trinajstić information content (AvgIpc) is 2.32. The van der Waals surface area contributed by atoms with Crippen LogP contribution in [0.15, 0.2) is 12.1 Å². The van der Waals surface area contributed by atoms with Crippen molar-refractivity contribution in [1.82, 2.24) is 0 Å². The lowest BCUT2D eigenvalue weighted by Crippen LogP contribution is -2.12. The molecule has 1 aromatic carbocycles. The van der Waals surface area contributed by atoms with Crippen LogP contribution >= 0.6 is 15.9 Å². The van der Waals surface area contributed by atoms with Gasteiger partial charge in [0.2, 0.25) is 0 Å². The van der Waals surface area contributed by atoms with E-state index in [0.29, 0.717) is 23.4 Å². The highest BCUT2D eigenvalue weighted by Gasteiger charge is 2.14. The van der Waals surface area contributed by atoms with Crippen LogP contribution in [0.4, 0.5) is 8.78 Å². The van der Waals surface area contributed by atoms with E-state index in [4.69, 9.17) is 4.74 Å². The Morgan fingerprint density at radius 3 is 2.12 bits per heavy atom. The summed E-state index contributed by atoms with van der Waals surface area (Å²) in [5.74, 6) is -1.19. The van der Waals surface area contributed by atoms with E-state index in [0.717, 1.165) is 12.8 Å². The zero-order chi connectivity index (χ0) is 12.8. The van der Waals surface area contributed by atoms with Gasteiger partial charge in [-0.25, -0.2) is 8.78 Å². The van der Waals surface area contributed by atoms with E-state index in [1.165, 1.54) is 12.1 Å². The van der Waals surface area contributed by atoms with Gasteiger partial charge in [0, 0.05) is 5.33 Å². The molecule has 0 bridgehead atoms. The summed E-state index contributed by atoms with van der Waals surface area (Å²) in [4.78, 5) is 0. The van der Waals surface area contributed by atoms with Crippen LogP contribution < -0.4 is 4.74 Å². The maximum Gasteiger partial charge on any atom is 0.190 e. The molecule has 0 N–H and O–H groups in total. The number of rotatable bonds is 6. The minimum atomic E-state index is -0.634. The van der Waals surface area contributed by atoms with Crippen molar-refractivity contribution in [2.45, 2.75) is 32.0 Å². The lowest BCUT2D eigenvalue weighted by molar-refractivity contribution is 0.222. The van der Waals surface area contributed by atoms with Crippen molar-refractivity contribution >= 4 is 15.9 Å². The summed E-state index contributed by atoms with van der Waals surface area (Å²) >= 11 is 3.16. The quantitative estimate of drug-likeness (QED) is 0.694. The molecule has 0 saturated heterocycles. The van der Waals surface area contributed by atoms with Crippen LogP contribution in [-0.4, -0.2) is 6.61 Å². The fraction of sp³-hybridized carbons (Fsp3) is 0.538. The first-order valence-corrected chi connectivity index (χ1v) is 6.91. The lowest BCUT2D eigenvalue weighted by atomic mass is 10.1. The second kappa shape index (κ2) is 6.94. The van der Waals surface area contributed by atoms with Crippen LogP contribution in [0.5, 0.6) is 5.75 Å². The topological polar surface area (TPSA) is 9.23 Å². The average molecular weight is 307 g/mol. The van der Waals surface area contributed by atoms with E-state index in [9.17, 15) is 8.78 Å². The van der Waals surface area contributed by atoms with Crippen molar-refractivity contribution in [3.63, 3.8) is 0 Å². The third-order valence-electron chi connectivity index (χ3n) is 2.83. The van der Waals surface area contributed by atoms with Crippen molar-refractivity contribution in [3.05, 3.63) is 29.3 Å². The molecule has 1 aromatic rings. The van der Waals surface area contributed by atoms with Crippen LogP contribution in [-0.2, 0) is 5.33 Å². The Labute approximate surface area is 109 Å². The molecule has 0 aliphatic heterocycles. The van der Waals surface area contributed by atoms with Crippen LogP contribution in [0.2, 0.25) is 0 Å². The molecule has 1 rings (SSSR count). The van der Waals surface area contributed by atoms with Gasteiger partial charge in [0.1, 0.15) is 0 Å². The fourth-order valence-corrected chi connectivity index (χ4v) is 1.88. The van der Waals surface area contributed by atoms with Gasteiger partial charge in [0.15, 0.2) is 17.4 Å². The van der Waals surface area contributed by atoms with E-state index in [1.807, 2.05) is 13.8 Å². The number of hydrogen-bond donors (Lipinski definition) is 0. The van der Waals surface area contributed by atoms with Crippen LogP contribution in [0.3, 0.4) is 0 Å². The summed E-state index contributed by atoms with van der Waals surface area (Å²) in [6, 6.07) is 2.58. The van der Waals surface area contributed by atoms with E-state index in [-0.39, 0.29) is 5.75 Å². The van der Waals surface area contributed by atoms with Gasteiger partial charge in [-0.1, -0.05) is 42.6 Å². The molecule has 1 nitrogen and oxygen atoms in total. The predicted molar refractivity (Wildman–Crippen MR) is 68.6 cm³/mol. The monoisotopic (exact) mass is 306 g/mol. The molecule has 0 aromatic heterocycles. The number of benzene rings is 1. The number of alkyl halides is 1. The summed E-state index contributed by atoms with van der Waals surface area (Å²) in [5, 5.41) is 0.424. The summed E-state index contributed by atoms with van der Waals surface area (Å²) in [6.45, 7) is 4.44. The normalized spacial score (nSPS) is 10.9.